The summed E-state index contributed by atoms with van der Waals surface area (Å²) >= 11 is 0. The molecule has 2 heterocycles. The molecular formula is C25H31N5O3S. The molecule has 3 aromatic rings. The van der Waals surface area contributed by atoms with E-state index in [-0.39, 0.29) is 10.8 Å². The number of sulfonamides is 1. The smallest absolute Gasteiger partial charge is 0.259 e. The Morgan fingerprint density at radius 1 is 1.03 bits per heavy atom. The molecule has 1 aliphatic rings. The van der Waals surface area contributed by atoms with Crippen LogP contribution in [0, 0.1) is 13.8 Å². The highest BCUT2D eigenvalue weighted by molar-refractivity contribution is 7.89. The molecule has 34 heavy (non-hydrogen) atoms. The first-order valence-electron chi connectivity index (χ1n) is 11.4. The van der Waals surface area contributed by atoms with Gasteiger partial charge >= 0.3 is 0 Å². The van der Waals surface area contributed by atoms with Gasteiger partial charge in [-0.25, -0.2) is 13.1 Å². The molecule has 0 saturated carbocycles. The highest BCUT2D eigenvalue weighted by atomic mass is 32.2. The summed E-state index contributed by atoms with van der Waals surface area (Å²) in [5.41, 5.74) is 4.24. The number of hydrogen-bond donors (Lipinski definition) is 1. The first-order chi connectivity index (χ1) is 16.2. The predicted molar refractivity (Wildman–Crippen MR) is 134 cm³/mol. The molecule has 1 saturated heterocycles. The van der Waals surface area contributed by atoms with E-state index in [1.54, 1.807) is 29.1 Å². The quantitative estimate of drug-likeness (QED) is 0.575. The number of anilines is 2. The number of piperidine rings is 1. The van der Waals surface area contributed by atoms with Crippen molar-refractivity contribution in [2.45, 2.75) is 38.0 Å². The summed E-state index contributed by atoms with van der Waals surface area (Å²) in [4.78, 5) is 15.3. The molecule has 8 nitrogen and oxygen atoms in total. The minimum atomic E-state index is -3.63. The number of nitrogens with zero attached hydrogens (tertiary/aromatic N) is 4. The van der Waals surface area contributed by atoms with Crippen LogP contribution in [-0.4, -0.2) is 55.6 Å². The first-order valence-corrected chi connectivity index (χ1v) is 12.9. The van der Waals surface area contributed by atoms with Gasteiger partial charge < -0.3 is 10.2 Å². The molecule has 0 radical (unpaired) electrons. The van der Waals surface area contributed by atoms with E-state index in [0.717, 1.165) is 36.2 Å². The fourth-order valence-electron chi connectivity index (χ4n) is 4.29. The largest absolute Gasteiger partial charge is 0.376 e. The van der Waals surface area contributed by atoms with Gasteiger partial charge in [0.1, 0.15) is 0 Å². The van der Waals surface area contributed by atoms with E-state index in [4.69, 9.17) is 0 Å². The number of carbonyl (C=O) groups excluding carboxylic acids is 1. The average molecular weight is 482 g/mol. The summed E-state index contributed by atoms with van der Waals surface area (Å²) in [5.74, 6) is -0.340. The van der Waals surface area contributed by atoms with Crippen LogP contribution in [0.5, 0.6) is 0 Å². The van der Waals surface area contributed by atoms with Gasteiger partial charge in [-0.05, 0) is 56.5 Å². The topological polar surface area (TPSA) is 87.5 Å². The van der Waals surface area contributed by atoms with Gasteiger partial charge in [-0.1, -0.05) is 24.6 Å². The summed E-state index contributed by atoms with van der Waals surface area (Å²) in [5, 5.41) is 7.35. The zero-order chi connectivity index (χ0) is 24.5. The van der Waals surface area contributed by atoms with E-state index in [9.17, 15) is 13.2 Å². The van der Waals surface area contributed by atoms with Crippen LogP contribution in [0.2, 0.25) is 0 Å². The Morgan fingerprint density at radius 2 is 1.74 bits per heavy atom. The Kier molecular flexibility index (Phi) is 6.77. The van der Waals surface area contributed by atoms with Crippen molar-refractivity contribution in [2.75, 3.05) is 37.4 Å². The van der Waals surface area contributed by atoms with Gasteiger partial charge in [-0.3, -0.25) is 4.79 Å². The van der Waals surface area contributed by atoms with Crippen LogP contribution in [0.25, 0.3) is 5.69 Å². The van der Waals surface area contributed by atoms with Crippen molar-refractivity contribution >= 4 is 27.3 Å². The monoisotopic (exact) mass is 481 g/mol. The van der Waals surface area contributed by atoms with Gasteiger partial charge in [0.25, 0.3) is 5.91 Å². The maximum absolute atomic E-state index is 13.3. The summed E-state index contributed by atoms with van der Waals surface area (Å²) < 4.78 is 29.7. The van der Waals surface area contributed by atoms with Crippen LogP contribution in [-0.2, 0) is 10.0 Å². The fourth-order valence-corrected chi connectivity index (χ4v) is 5.83. The maximum Gasteiger partial charge on any atom is 0.259 e. The first kappa shape index (κ1) is 24.0. The number of aromatic nitrogens is 2. The third-order valence-corrected chi connectivity index (χ3v) is 8.14. The molecular weight excluding hydrogens is 450 g/mol. The number of para-hydroxylation sites is 1. The maximum atomic E-state index is 13.3. The second-order valence-corrected chi connectivity index (χ2v) is 10.8. The van der Waals surface area contributed by atoms with E-state index in [2.05, 4.69) is 10.4 Å². The zero-order valence-corrected chi connectivity index (χ0v) is 20.9. The zero-order valence-electron chi connectivity index (χ0n) is 20.1. The molecule has 1 fully saturated rings. The van der Waals surface area contributed by atoms with E-state index >= 15 is 0 Å². The lowest BCUT2D eigenvalue weighted by molar-refractivity contribution is 0.102. The number of nitrogens with one attached hydrogen (secondary N) is 1. The molecule has 0 atom stereocenters. The molecule has 1 amide bonds. The molecule has 0 spiro atoms. The van der Waals surface area contributed by atoms with Crippen molar-refractivity contribution < 1.29 is 13.2 Å². The van der Waals surface area contributed by atoms with Crippen LogP contribution in [0.3, 0.4) is 0 Å². The van der Waals surface area contributed by atoms with Gasteiger partial charge in [0.05, 0.1) is 39.4 Å². The van der Waals surface area contributed by atoms with Crippen molar-refractivity contribution in [3.63, 3.8) is 0 Å². The summed E-state index contributed by atoms with van der Waals surface area (Å²) in [7, 11) is 0.0797. The number of carbonyl (C=O) groups is 1. The minimum Gasteiger partial charge on any atom is -0.376 e. The molecule has 9 heteroatoms. The number of benzene rings is 2. The van der Waals surface area contributed by atoms with Crippen molar-refractivity contribution in [1.82, 2.24) is 14.1 Å². The van der Waals surface area contributed by atoms with Crippen LogP contribution < -0.4 is 10.2 Å². The highest BCUT2D eigenvalue weighted by Crippen LogP contribution is 2.31. The molecule has 1 N–H and O–H groups in total. The Labute approximate surface area is 201 Å². The number of amides is 1. The molecule has 0 aliphatic carbocycles. The van der Waals surface area contributed by atoms with Crippen LogP contribution in [0.1, 0.15) is 40.9 Å². The van der Waals surface area contributed by atoms with Crippen molar-refractivity contribution in [1.29, 1.82) is 0 Å². The predicted octanol–water partition coefficient (Wildman–Crippen LogP) is 3.98. The summed E-state index contributed by atoms with van der Waals surface area (Å²) in [6, 6.07) is 12.7. The molecule has 2 aromatic carbocycles. The van der Waals surface area contributed by atoms with E-state index in [1.165, 1.54) is 4.31 Å². The van der Waals surface area contributed by atoms with Crippen molar-refractivity contribution in [3.05, 3.63) is 65.5 Å². The average Bonchev–Trinajstić information content (AvgIpc) is 3.21. The molecule has 1 aliphatic heterocycles. The van der Waals surface area contributed by atoms with Crippen LogP contribution >= 0.6 is 0 Å². The molecule has 180 valence electrons. The van der Waals surface area contributed by atoms with Gasteiger partial charge in [-0.2, -0.15) is 9.40 Å². The Balaban J connectivity index is 1.66. The highest BCUT2D eigenvalue weighted by Gasteiger charge is 2.27. The molecule has 4 rings (SSSR count). The molecule has 0 bridgehead atoms. The van der Waals surface area contributed by atoms with Gasteiger partial charge in [0.15, 0.2) is 0 Å². The van der Waals surface area contributed by atoms with Crippen molar-refractivity contribution in [2.24, 2.45) is 0 Å². The fraction of sp³-hybridized carbons (Fsp3) is 0.360. The number of aryl methyl sites for hydroxylation is 1. The Morgan fingerprint density at radius 3 is 2.41 bits per heavy atom. The lowest BCUT2D eigenvalue weighted by Crippen LogP contribution is -2.35. The molecule has 1 aromatic heterocycles. The molecule has 0 unspecified atom stereocenters. The van der Waals surface area contributed by atoms with Crippen LogP contribution in [0.15, 0.2) is 53.6 Å². The second-order valence-electron chi connectivity index (χ2n) is 8.83. The van der Waals surface area contributed by atoms with Crippen LogP contribution in [0.4, 0.5) is 11.4 Å². The third kappa shape index (κ3) is 4.58. The number of hydrogen-bond acceptors (Lipinski definition) is 5. The summed E-state index contributed by atoms with van der Waals surface area (Å²) in [6.45, 7) is 4.89. The third-order valence-electron chi connectivity index (χ3n) is 6.25. The lowest BCUT2D eigenvalue weighted by Gasteiger charge is -2.26. The van der Waals surface area contributed by atoms with Gasteiger partial charge in [-0.15, -0.1) is 0 Å². The number of rotatable bonds is 6. The van der Waals surface area contributed by atoms with E-state index in [1.807, 2.05) is 57.1 Å². The minimum absolute atomic E-state index is 0.183. The van der Waals surface area contributed by atoms with Gasteiger partial charge in [0, 0.05) is 27.2 Å². The lowest BCUT2D eigenvalue weighted by atomic mass is 10.2. The van der Waals surface area contributed by atoms with Gasteiger partial charge in [0.2, 0.25) is 10.0 Å². The Hall–Kier alpha value is -3.17. The van der Waals surface area contributed by atoms with Crippen molar-refractivity contribution in [3.8, 4) is 5.69 Å². The summed E-state index contributed by atoms with van der Waals surface area (Å²) in [6.07, 6.45) is 4.31. The SMILES string of the molecule is Cc1ccccc1-n1ncc(C(=O)Nc2cc(S(=O)(=O)N3CCCCC3)ccc2N(C)C)c1C. The van der Waals surface area contributed by atoms with E-state index < -0.39 is 10.0 Å². The normalized spacial score (nSPS) is 14.7. The second kappa shape index (κ2) is 9.60. The Bertz CT molecular complexity index is 1310. The van der Waals surface area contributed by atoms with E-state index in [0.29, 0.717) is 30.0 Å². The standard InChI is InChI=1S/C25H31N5O3S/c1-18-10-6-7-11-23(18)30-19(2)21(17-26-30)25(31)27-22-16-20(12-13-24(22)28(3)4)34(32,33)29-14-8-5-9-15-29/h6-7,10-13,16-17H,5,8-9,14-15H2,1-4H3,(H,27,31).